The summed E-state index contributed by atoms with van der Waals surface area (Å²) in [5.41, 5.74) is 7.22. The summed E-state index contributed by atoms with van der Waals surface area (Å²) in [4.78, 5) is 22.9. The van der Waals surface area contributed by atoms with Crippen LogP contribution in [0.25, 0.3) is 0 Å². The standard InChI is InChI=1S/C15H17ClN2O2S/c16-14-7-2-1-4-11(14)9-21-10-15(20)18-17-12-5-3-6-13(19)8-12/h1-2,4,7-8,17H,3,5-6,9-10H2,(H,18,20). The summed E-state index contributed by atoms with van der Waals surface area (Å²) in [5, 5.41) is 0.717. The molecule has 0 aliphatic heterocycles. The van der Waals surface area contributed by atoms with Crippen molar-refractivity contribution in [2.24, 2.45) is 0 Å². The number of carbonyl (C=O) groups excluding carboxylic acids is 2. The smallest absolute Gasteiger partial charge is 0.248 e. The van der Waals surface area contributed by atoms with Gasteiger partial charge < -0.3 is 5.43 Å². The molecule has 0 spiro atoms. The van der Waals surface area contributed by atoms with Crippen LogP contribution in [0.1, 0.15) is 24.8 Å². The molecule has 112 valence electrons. The van der Waals surface area contributed by atoms with Gasteiger partial charge in [0.05, 0.1) is 5.75 Å². The monoisotopic (exact) mass is 324 g/mol. The molecular weight excluding hydrogens is 308 g/mol. The number of thioether (sulfide) groups is 1. The lowest BCUT2D eigenvalue weighted by molar-refractivity contribution is -0.119. The van der Waals surface area contributed by atoms with E-state index in [4.69, 9.17) is 11.6 Å². The third-order valence-corrected chi connectivity index (χ3v) is 4.37. The summed E-state index contributed by atoms with van der Waals surface area (Å²) in [7, 11) is 0. The number of hydrazine groups is 1. The van der Waals surface area contributed by atoms with Crippen LogP contribution in [0.5, 0.6) is 0 Å². The SMILES string of the molecule is O=C1C=C(NNC(=O)CSCc2ccccc2Cl)CCC1. The second-order valence-electron chi connectivity index (χ2n) is 4.75. The molecule has 0 atom stereocenters. The van der Waals surface area contributed by atoms with Gasteiger partial charge in [0.1, 0.15) is 0 Å². The number of nitrogens with one attached hydrogen (secondary N) is 2. The van der Waals surface area contributed by atoms with E-state index in [1.54, 1.807) is 6.08 Å². The molecule has 4 nitrogen and oxygen atoms in total. The molecule has 0 saturated carbocycles. The Morgan fingerprint density at radius 2 is 2.10 bits per heavy atom. The van der Waals surface area contributed by atoms with Gasteiger partial charge in [0.25, 0.3) is 0 Å². The fraction of sp³-hybridized carbons (Fsp3) is 0.333. The molecule has 0 saturated heterocycles. The van der Waals surface area contributed by atoms with Crippen molar-refractivity contribution in [3.05, 3.63) is 46.6 Å². The fourth-order valence-corrected chi connectivity index (χ4v) is 3.06. The van der Waals surface area contributed by atoms with E-state index < -0.39 is 0 Å². The Hall–Kier alpha value is -1.46. The Labute approximate surface area is 133 Å². The van der Waals surface area contributed by atoms with Crippen molar-refractivity contribution in [2.75, 3.05) is 5.75 Å². The molecule has 0 unspecified atom stereocenters. The van der Waals surface area contributed by atoms with Crippen LogP contribution >= 0.6 is 23.4 Å². The van der Waals surface area contributed by atoms with Crippen LogP contribution < -0.4 is 10.9 Å². The maximum Gasteiger partial charge on any atom is 0.248 e. The Bertz CT molecular complexity index is 560. The zero-order valence-electron chi connectivity index (χ0n) is 11.5. The second-order valence-corrected chi connectivity index (χ2v) is 6.14. The Morgan fingerprint density at radius 1 is 1.29 bits per heavy atom. The minimum absolute atomic E-state index is 0.103. The molecule has 6 heteroatoms. The van der Waals surface area contributed by atoms with Crippen molar-refractivity contribution in [1.29, 1.82) is 0 Å². The molecule has 2 N–H and O–H groups in total. The minimum atomic E-state index is -0.119. The topological polar surface area (TPSA) is 58.2 Å². The second kappa shape index (κ2) is 8.10. The highest BCUT2D eigenvalue weighted by Crippen LogP contribution is 2.20. The van der Waals surface area contributed by atoms with Crippen LogP contribution in [0.15, 0.2) is 36.0 Å². The van der Waals surface area contributed by atoms with Crippen LogP contribution in [0.3, 0.4) is 0 Å². The minimum Gasteiger partial charge on any atom is -0.303 e. The number of allylic oxidation sites excluding steroid dienone is 2. The van der Waals surface area contributed by atoms with E-state index in [9.17, 15) is 9.59 Å². The van der Waals surface area contributed by atoms with Gasteiger partial charge in [0.15, 0.2) is 5.78 Å². The first-order valence-corrected chi connectivity index (χ1v) is 8.28. The number of hydrogen-bond acceptors (Lipinski definition) is 4. The third kappa shape index (κ3) is 5.44. The van der Waals surface area contributed by atoms with Crippen LogP contribution in [0.4, 0.5) is 0 Å². The number of ketones is 1. The van der Waals surface area contributed by atoms with Gasteiger partial charge in [-0.2, -0.15) is 0 Å². The third-order valence-electron chi connectivity index (χ3n) is 3.02. The first-order valence-electron chi connectivity index (χ1n) is 6.74. The highest BCUT2D eigenvalue weighted by Gasteiger charge is 2.10. The zero-order valence-corrected chi connectivity index (χ0v) is 13.1. The van der Waals surface area contributed by atoms with E-state index in [1.165, 1.54) is 11.8 Å². The van der Waals surface area contributed by atoms with Crippen LogP contribution in [0.2, 0.25) is 5.02 Å². The van der Waals surface area contributed by atoms with Crippen molar-refractivity contribution >= 4 is 35.1 Å². The van der Waals surface area contributed by atoms with Crippen molar-refractivity contribution in [2.45, 2.75) is 25.0 Å². The lowest BCUT2D eigenvalue weighted by Crippen LogP contribution is -2.38. The van der Waals surface area contributed by atoms with Gasteiger partial charge in [-0.1, -0.05) is 29.8 Å². The highest BCUT2D eigenvalue weighted by molar-refractivity contribution is 7.99. The molecule has 1 aromatic rings. The summed E-state index contributed by atoms with van der Waals surface area (Å²) in [5.74, 6) is 1.00. The normalized spacial score (nSPS) is 14.5. The van der Waals surface area contributed by atoms with E-state index in [1.807, 2.05) is 24.3 Å². The van der Waals surface area contributed by atoms with E-state index >= 15 is 0 Å². The first kappa shape index (κ1) is 15.9. The van der Waals surface area contributed by atoms with Gasteiger partial charge in [0.2, 0.25) is 5.91 Å². The summed E-state index contributed by atoms with van der Waals surface area (Å²) in [6, 6.07) is 7.60. The molecule has 1 amide bonds. The molecule has 0 radical (unpaired) electrons. The number of halogens is 1. The quantitative estimate of drug-likeness (QED) is 0.790. The van der Waals surface area contributed by atoms with E-state index in [2.05, 4.69) is 10.9 Å². The van der Waals surface area contributed by atoms with E-state index in [-0.39, 0.29) is 11.7 Å². The molecule has 21 heavy (non-hydrogen) atoms. The molecule has 1 aromatic carbocycles. The Kier molecular flexibility index (Phi) is 6.14. The molecule has 0 heterocycles. The predicted molar refractivity (Wildman–Crippen MR) is 85.8 cm³/mol. The van der Waals surface area contributed by atoms with Gasteiger partial charge >= 0.3 is 0 Å². The number of carbonyl (C=O) groups is 2. The number of benzene rings is 1. The lowest BCUT2D eigenvalue weighted by Gasteiger charge is -2.15. The number of rotatable bonds is 6. The predicted octanol–water partition coefficient (Wildman–Crippen LogP) is 2.83. The van der Waals surface area contributed by atoms with Gasteiger partial charge in [-0.05, 0) is 24.5 Å². The van der Waals surface area contributed by atoms with Crippen LogP contribution in [0, 0.1) is 0 Å². The molecule has 0 aromatic heterocycles. The highest BCUT2D eigenvalue weighted by atomic mass is 35.5. The van der Waals surface area contributed by atoms with Crippen LogP contribution in [-0.4, -0.2) is 17.4 Å². The molecule has 1 aliphatic carbocycles. The summed E-state index contributed by atoms with van der Waals surface area (Å²) in [6.45, 7) is 0. The van der Waals surface area contributed by atoms with E-state index in [0.29, 0.717) is 17.9 Å². The first-order chi connectivity index (χ1) is 10.1. The average molecular weight is 325 g/mol. The molecule has 0 fully saturated rings. The van der Waals surface area contributed by atoms with Crippen molar-refractivity contribution < 1.29 is 9.59 Å². The molecule has 0 bridgehead atoms. The summed E-state index contributed by atoms with van der Waals surface area (Å²) in [6.07, 6.45) is 3.76. The number of hydrogen-bond donors (Lipinski definition) is 2. The maximum absolute atomic E-state index is 11.7. The molecule has 2 rings (SSSR count). The fourth-order valence-electron chi connectivity index (χ4n) is 1.95. The van der Waals surface area contributed by atoms with Gasteiger partial charge in [-0.25, -0.2) is 0 Å². The van der Waals surface area contributed by atoms with Gasteiger partial charge in [-0.15, -0.1) is 11.8 Å². The molecule has 1 aliphatic rings. The zero-order chi connectivity index (χ0) is 15.1. The van der Waals surface area contributed by atoms with Crippen molar-refractivity contribution in [3.8, 4) is 0 Å². The van der Waals surface area contributed by atoms with Crippen molar-refractivity contribution in [3.63, 3.8) is 0 Å². The van der Waals surface area contributed by atoms with Gasteiger partial charge in [-0.3, -0.25) is 15.0 Å². The average Bonchev–Trinajstić information content (AvgIpc) is 2.47. The van der Waals surface area contributed by atoms with Crippen molar-refractivity contribution in [1.82, 2.24) is 10.9 Å². The Morgan fingerprint density at radius 3 is 2.86 bits per heavy atom. The maximum atomic E-state index is 11.7. The lowest BCUT2D eigenvalue weighted by atomic mass is 10.0. The van der Waals surface area contributed by atoms with E-state index in [0.717, 1.165) is 29.1 Å². The Balaban J connectivity index is 1.68. The number of amides is 1. The van der Waals surface area contributed by atoms with Gasteiger partial charge in [0, 0.05) is 29.0 Å². The van der Waals surface area contributed by atoms with Crippen LogP contribution in [-0.2, 0) is 15.3 Å². The largest absolute Gasteiger partial charge is 0.303 e. The summed E-state index contributed by atoms with van der Waals surface area (Å²) >= 11 is 7.54. The summed E-state index contributed by atoms with van der Waals surface area (Å²) < 4.78 is 0. The molecular formula is C15H17ClN2O2S.